The Morgan fingerprint density at radius 3 is 2.43 bits per heavy atom. The molecule has 0 unspecified atom stereocenters. The molecule has 0 aliphatic heterocycles. The van der Waals surface area contributed by atoms with Crippen LogP contribution in [0.1, 0.15) is 59.8 Å². The van der Waals surface area contributed by atoms with E-state index in [0.29, 0.717) is 31.5 Å². The number of carbonyl (C=O) groups is 2. The molecule has 130 valence electrons. The lowest BCUT2D eigenvalue weighted by molar-refractivity contribution is -0.300. The summed E-state index contributed by atoms with van der Waals surface area (Å²) in [4.78, 5) is 24.5. The molecule has 0 aromatic heterocycles. The highest BCUT2D eigenvalue weighted by Gasteiger charge is 2.37. The molecule has 0 spiro atoms. The van der Waals surface area contributed by atoms with Crippen LogP contribution in [-0.4, -0.2) is 25.4 Å². The van der Waals surface area contributed by atoms with E-state index < -0.39 is 17.1 Å². The zero-order valence-corrected chi connectivity index (χ0v) is 14.9. The van der Waals surface area contributed by atoms with Crippen molar-refractivity contribution in [3.63, 3.8) is 0 Å². The fourth-order valence-corrected chi connectivity index (χ4v) is 2.87. The van der Waals surface area contributed by atoms with Crippen LogP contribution in [0.25, 0.3) is 0 Å². The maximum Gasteiger partial charge on any atom is 0.333 e. The molecule has 0 bridgehead atoms. The van der Waals surface area contributed by atoms with Crippen molar-refractivity contribution in [3.05, 3.63) is 22.6 Å². The molecule has 1 rings (SSSR count). The van der Waals surface area contributed by atoms with E-state index in [4.69, 9.17) is 4.74 Å². The maximum atomic E-state index is 12.8. The number of hydrogen-bond acceptors (Lipinski definition) is 5. The number of nitrogens with one attached hydrogen (secondary N) is 1. The molecule has 0 fully saturated rings. The lowest BCUT2D eigenvalue weighted by Gasteiger charge is -2.38. The Balaban J connectivity index is 3.36. The topological polar surface area (TPSA) is 78.5 Å². The van der Waals surface area contributed by atoms with Crippen LogP contribution < -0.4 is 10.4 Å². The number of rotatable bonds is 8. The summed E-state index contributed by atoms with van der Waals surface area (Å²) < 4.78 is 4.77. The lowest BCUT2D eigenvalue weighted by atomic mass is 9.73. The highest BCUT2D eigenvalue weighted by Crippen LogP contribution is 2.41. The van der Waals surface area contributed by atoms with Crippen molar-refractivity contribution in [3.8, 4) is 0 Å². The first-order chi connectivity index (χ1) is 10.8. The number of carbonyl (C=O) groups excluding carboxylic acids is 2. The summed E-state index contributed by atoms with van der Waals surface area (Å²) in [5, 5.41) is 16.1. The summed E-state index contributed by atoms with van der Waals surface area (Å²) in [5.74, 6) is -1.33. The van der Waals surface area contributed by atoms with Crippen molar-refractivity contribution in [1.29, 1.82) is 0 Å². The molecule has 0 saturated carbocycles. The zero-order chi connectivity index (χ0) is 17.6. The van der Waals surface area contributed by atoms with Crippen LogP contribution >= 0.6 is 0 Å². The van der Waals surface area contributed by atoms with Crippen molar-refractivity contribution >= 4 is 11.8 Å². The van der Waals surface area contributed by atoms with Crippen LogP contribution in [-0.2, 0) is 14.3 Å². The van der Waals surface area contributed by atoms with Gasteiger partial charge >= 0.3 is 5.97 Å². The first-order valence-electron chi connectivity index (χ1n) is 8.30. The molecule has 23 heavy (non-hydrogen) atoms. The summed E-state index contributed by atoms with van der Waals surface area (Å²) in [6, 6.07) is 0. The molecule has 5 nitrogen and oxygen atoms in total. The van der Waals surface area contributed by atoms with Gasteiger partial charge in [0, 0.05) is 35.2 Å². The van der Waals surface area contributed by atoms with Gasteiger partial charge in [-0.2, -0.15) is 0 Å². The van der Waals surface area contributed by atoms with Gasteiger partial charge in [0.05, 0.1) is 7.11 Å². The maximum absolute atomic E-state index is 12.8. The fourth-order valence-electron chi connectivity index (χ4n) is 2.87. The highest BCUT2D eigenvalue weighted by molar-refractivity contribution is 6.03. The predicted molar refractivity (Wildman–Crippen MR) is 87.3 cm³/mol. The van der Waals surface area contributed by atoms with Crippen molar-refractivity contribution < 1.29 is 19.4 Å². The second kappa shape index (κ2) is 8.18. The molecule has 0 saturated heterocycles. The first kappa shape index (κ1) is 19.3. The third kappa shape index (κ3) is 4.36. The van der Waals surface area contributed by atoms with Gasteiger partial charge in [-0.05, 0) is 19.3 Å². The Bertz CT molecular complexity index is 529. The summed E-state index contributed by atoms with van der Waals surface area (Å²) >= 11 is 0. The van der Waals surface area contributed by atoms with Gasteiger partial charge in [-0.1, -0.05) is 39.9 Å². The third-order valence-corrected chi connectivity index (χ3v) is 4.07. The SMILES string of the molecule is CCCCNC1=C(C(=O)CCC)C([O-])=C(C(=O)OC)C(C)(C)C1. The molecule has 0 heterocycles. The molecule has 0 radical (unpaired) electrons. The average molecular weight is 322 g/mol. The quantitative estimate of drug-likeness (QED) is 0.547. The normalized spacial score (nSPS) is 17.3. The number of hydrogen-bond donors (Lipinski definition) is 1. The Labute approximate surface area is 138 Å². The predicted octanol–water partition coefficient (Wildman–Crippen LogP) is 2.22. The van der Waals surface area contributed by atoms with E-state index in [-0.39, 0.29) is 16.9 Å². The van der Waals surface area contributed by atoms with Gasteiger partial charge in [0.1, 0.15) is 0 Å². The number of methoxy groups -OCH3 is 1. The summed E-state index contributed by atoms with van der Waals surface area (Å²) in [5.41, 5.74) is 0.220. The summed E-state index contributed by atoms with van der Waals surface area (Å²) in [6.45, 7) is 8.36. The molecule has 1 N–H and O–H groups in total. The number of Topliss-reactive ketones (excluding diaryl/α,β-unsaturated/α-hetero) is 1. The van der Waals surface area contributed by atoms with E-state index in [2.05, 4.69) is 12.2 Å². The Hall–Kier alpha value is -1.78. The van der Waals surface area contributed by atoms with Gasteiger partial charge < -0.3 is 15.2 Å². The van der Waals surface area contributed by atoms with Gasteiger partial charge in [0.25, 0.3) is 0 Å². The van der Waals surface area contributed by atoms with E-state index in [9.17, 15) is 14.7 Å². The molecule has 0 amide bonds. The van der Waals surface area contributed by atoms with Gasteiger partial charge in [-0.25, -0.2) is 4.79 Å². The van der Waals surface area contributed by atoms with Crippen LogP contribution in [0.3, 0.4) is 0 Å². The van der Waals surface area contributed by atoms with Crippen molar-refractivity contribution in [1.82, 2.24) is 5.32 Å². The Morgan fingerprint density at radius 2 is 1.91 bits per heavy atom. The minimum atomic E-state index is -0.658. The lowest BCUT2D eigenvalue weighted by Crippen LogP contribution is -2.38. The second-order valence-corrected chi connectivity index (χ2v) is 6.56. The number of esters is 1. The van der Waals surface area contributed by atoms with Gasteiger partial charge in [-0.3, -0.25) is 4.79 Å². The molecule has 0 aromatic carbocycles. The van der Waals surface area contributed by atoms with Crippen molar-refractivity contribution in [2.75, 3.05) is 13.7 Å². The molecule has 0 atom stereocenters. The van der Waals surface area contributed by atoms with Crippen molar-refractivity contribution in [2.45, 2.75) is 59.8 Å². The number of allylic oxidation sites excluding steroid dienone is 2. The summed E-state index contributed by atoms with van der Waals surface area (Å²) in [6.07, 6.45) is 3.40. The first-order valence-corrected chi connectivity index (χ1v) is 8.30. The van der Waals surface area contributed by atoms with Crippen LogP contribution in [0.2, 0.25) is 0 Å². The number of ether oxygens (including phenoxy) is 1. The van der Waals surface area contributed by atoms with Crippen molar-refractivity contribution in [2.24, 2.45) is 5.41 Å². The minimum Gasteiger partial charge on any atom is -0.872 e. The zero-order valence-electron chi connectivity index (χ0n) is 14.9. The molecule has 0 aromatic rings. The molecule has 5 heteroatoms. The largest absolute Gasteiger partial charge is 0.872 e. The number of ketones is 1. The van der Waals surface area contributed by atoms with Gasteiger partial charge in [0.2, 0.25) is 0 Å². The van der Waals surface area contributed by atoms with Crippen LogP contribution in [0.15, 0.2) is 22.6 Å². The van der Waals surface area contributed by atoms with E-state index in [0.717, 1.165) is 12.8 Å². The second-order valence-electron chi connectivity index (χ2n) is 6.56. The average Bonchev–Trinajstić information content (AvgIpc) is 2.46. The highest BCUT2D eigenvalue weighted by atomic mass is 16.5. The third-order valence-electron chi connectivity index (χ3n) is 4.07. The van der Waals surface area contributed by atoms with E-state index in [1.54, 1.807) is 0 Å². The van der Waals surface area contributed by atoms with Gasteiger partial charge in [0.15, 0.2) is 5.78 Å². The minimum absolute atomic E-state index is 0.0699. The standard InChI is InChI=1S/C18H29NO4/c1-6-8-10-19-12-11-18(3,4)15(17(22)23-5)16(21)14(12)13(20)9-7-2/h19,21H,6-11H2,1-5H3/p-1. The summed E-state index contributed by atoms with van der Waals surface area (Å²) in [7, 11) is 1.25. The van der Waals surface area contributed by atoms with E-state index in [1.807, 2.05) is 20.8 Å². The molecular formula is C18H28NO4-. The molecular weight excluding hydrogens is 294 g/mol. The van der Waals surface area contributed by atoms with Crippen LogP contribution in [0.4, 0.5) is 0 Å². The van der Waals surface area contributed by atoms with Crippen LogP contribution in [0, 0.1) is 5.41 Å². The molecule has 1 aliphatic rings. The molecule has 1 aliphatic carbocycles. The van der Waals surface area contributed by atoms with Crippen LogP contribution in [0.5, 0.6) is 0 Å². The van der Waals surface area contributed by atoms with E-state index >= 15 is 0 Å². The smallest absolute Gasteiger partial charge is 0.333 e. The number of unbranched alkanes of at least 4 members (excludes halogenated alkanes) is 1. The van der Waals surface area contributed by atoms with E-state index in [1.165, 1.54) is 7.11 Å². The fraction of sp³-hybridized carbons (Fsp3) is 0.667. The monoisotopic (exact) mass is 322 g/mol. The Kier molecular flexibility index (Phi) is 6.85. The van der Waals surface area contributed by atoms with Gasteiger partial charge in [-0.15, -0.1) is 0 Å². The Morgan fingerprint density at radius 1 is 1.26 bits per heavy atom.